The van der Waals surface area contributed by atoms with Gasteiger partial charge in [-0.3, -0.25) is 14.3 Å². The Labute approximate surface area is 206 Å². The van der Waals surface area contributed by atoms with Gasteiger partial charge in [-0.1, -0.05) is 36.9 Å². The number of likely N-dealkylation sites (N-methyl/N-ethyl adjacent to an activating group) is 1. The van der Waals surface area contributed by atoms with Gasteiger partial charge < -0.3 is 9.80 Å². The van der Waals surface area contributed by atoms with E-state index in [-0.39, 0.29) is 5.91 Å². The molecule has 1 aliphatic heterocycles. The summed E-state index contributed by atoms with van der Waals surface area (Å²) >= 11 is 3.07. The number of carbonyl (C=O) groups is 1. The number of amides is 1. The quantitative estimate of drug-likeness (QED) is 0.363. The van der Waals surface area contributed by atoms with Crippen LogP contribution in [0.3, 0.4) is 0 Å². The number of hydrogen-bond acceptors (Lipinski definition) is 8. The van der Waals surface area contributed by atoms with Crippen molar-refractivity contribution in [3.8, 4) is 17.1 Å². The highest BCUT2D eigenvalue weighted by Gasteiger charge is 2.23. The maximum absolute atomic E-state index is 12.9. The lowest BCUT2D eigenvalue weighted by atomic mass is 10.2. The Hall–Kier alpha value is -3.08. The zero-order valence-electron chi connectivity index (χ0n) is 18.9. The molecule has 1 amide bonds. The molecule has 1 saturated heterocycles. The van der Waals surface area contributed by atoms with Gasteiger partial charge in [-0.05, 0) is 30.8 Å². The molecule has 0 bridgehead atoms. The first-order valence-corrected chi connectivity index (χ1v) is 13.1. The number of rotatable bonds is 7. The van der Waals surface area contributed by atoms with Crippen LogP contribution in [0.4, 0.5) is 0 Å². The minimum absolute atomic E-state index is 0.0227. The van der Waals surface area contributed by atoms with Crippen molar-refractivity contribution in [2.75, 3.05) is 32.7 Å². The van der Waals surface area contributed by atoms with Gasteiger partial charge in [0.1, 0.15) is 10.7 Å². The summed E-state index contributed by atoms with van der Waals surface area (Å²) in [5, 5.41) is 12.4. The Bertz CT molecular complexity index is 1230. The van der Waals surface area contributed by atoms with Crippen molar-refractivity contribution in [3.05, 3.63) is 70.9 Å². The Morgan fingerprint density at radius 1 is 1.06 bits per heavy atom. The molecule has 0 saturated carbocycles. The zero-order chi connectivity index (χ0) is 23.3. The van der Waals surface area contributed by atoms with Crippen LogP contribution in [0, 0.1) is 0 Å². The molecule has 1 fully saturated rings. The molecule has 0 atom stereocenters. The number of thiazole rings is 1. The van der Waals surface area contributed by atoms with E-state index in [0.717, 1.165) is 60.0 Å². The van der Waals surface area contributed by atoms with E-state index in [1.807, 2.05) is 57.3 Å². The maximum atomic E-state index is 12.9. The van der Waals surface area contributed by atoms with E-state index < -0.39 is 0 Å². The first-order valence-electron chi connectivity index (χ1n) is 11.2. The number of carbonyl (C=O) groups excluding carboxylic acids is 1. The average molecular weight is 492 g/mol. The highest BCUT2D eigenvalue weighted by molar-refractivity contribution is 7.98. The summed E-state index contributed by atoms with van der Waals surface area (Å²) in [7, 11) is 0. The Morgan fingerprint density at radius 2 is 1.88 bits per heavy atom. The van der Waals surface area contributed by atoms with E-state index in [2.05, 4.69) is 32.0 Å². The molecule has 4 heterocycles. The van der Waals surface area contributed by atoms with Crippen LogP contribution < -0.4 is 0 Å². The number of piperazine rings is 1. The monoisotopic (exact) mass is 491 g/mol. The minimum Gasteiger partial charge on any atom is -0.335 e. The van der Waals surface area contributed by atoms with E-state index >= 15 is 0 Å². The Balaban J connectivity index is 1.32. The van der Waals surface area contributed by atoms with Crippen LogP contribution in [0.2, 0.25) is 0 Å². The molecule has 1 aromatic carbocycles. The van der Waals surface area contributed by atoms with Gasteiger partial charge in [0.15, 0.2) is 11.0 Å². The van der Waals surface area contributed by atoms with Crippen molar-refractivity contribution in [2.24, 2.45) is 0 Å². The first kappa shape index (κ1) is 22.7. The standard InChI is InChI=1S/C24H25N7OS2/c1-2-29-11-13-30(14-12-29)23(32)20-16-33-21(26-20)17-34-24-28-27-22(18-7-6-10-25-15-18)31(24)19-8-4-3-5-9-19/h3-10,15-16H,2,11-14,17H2,1H3. The molecule has 8 nitrogen and oxygen atoms in total. The number of nitrogens with zero attached hydrogens (tertiary/aromatic N) is 7. The SMILES string of the molecule is CCN1CCN(C(=O)c2csc(CSc3nnc(-c4cccnc4)n3-c3ccccc3)n2)CC1. The largest absolute Gasteiger partial charge is 0.335 e. The lowest BCUT2D eigenvalue weighted by Crippen LogP contribution is -2.48. The molecule has 4 aromatic rings. The third-order valence-electron chi connectivity index (χ3n) is 5.77. The third-order valence-corrected chi connectivity index (χ3v) is 7.74. The molecule has 0 aliphatic carbocycles. The molecule has 1 aliphatic rings. The summed E-state index contributed by atoms with van der Waals surface area (Å²) < 4.78 is 2.04. The van der Waals surface area contributed by atoms with Crippen molar-refractivity contribution < 1.29 is 4.79 Å². The van der Waals surface area contributed by atoms with Gasteiger partial charge in [0.05, 0.1) is 5.75 Å². The predicted molar refractivity (Wildman–Crippen MR) is 134 cm³/mol. The number of hydrogen-bond donors (Lipinski definition) is 0. The Kier molecular flexibility index (Phi) is 6.98. The van der Waals surface area contributed by atoms with Crippen molar-refractivity contribution in [1.82, 2.24) is 34.5 Å². The van der Waals surface area contributed by atoms with Crippen molar-refractivity contribution in [1.29, 1.82) is 0 Å². The molecule has 3 aromatic heterocycles. The van der Waals surface area contributed by atoms with Gasteiger partial charge in [0.25, 0.3) is 5.91 Å². The van der Waals surface area contributed by atoms with Gasteiger partial charge >= 0.3 is 0 Å². The van der Waals surface area contributed by atoms with E-state index in [0.29, 0.717) is 11.4 Å². The first-order chi connectivity index (χ1) is 16.7. The summed E-state index contributed by atoms with van der Waals surface area (Å²) in [5.41, 5.74) is 2.41. The van der Waals surface area contributed by atoms with Crippen molar-refractivity contribution >= 4 is 29.0 Å². The average Bonchev–Trinajstić information content (AvgIpc) is 3.55. The van der Waals surface area contributed by atoms with Crippen LogP contribution >= 0.6 is 23.1 Å². The van der Waals surface area contributed by atoms with Gasteiger partial charge in [-0.25, -0.2) is 4.98 Å². The third kappa shape index (κ3) is 4.89. The second kappa shape index (κ2) is 10.5. The van der Waals surface area contributed by atoms with Crippen LogP contribution in [0.25, 0.3) is 17.1 Å². The van der Waals surface area contributed by atoms with E-state index in [9.17, 15) is 4.79 Å². The maximum Gasteiger partial charge on any atom is 0.273 e. The van der Waals surface area contributed by atoms with Crippen LogP contribution in [-0.2, 0) is 5.75 Å². The fourth-order valence-corrected chi connectivity index (χ4v) is 5.62. The van der Waals surface area contributed by atoms with Gasteiger partial charge in [-0.2, -0.15) is 0 Å². The van der Waals surface area contributed by atoms with Crippen LogP contribution in [0.5, 0.6) is 0 Å². The van der Waals surface area contributed by atoms with Crippen LogP contribution in [0.1, 0.15) is 22.4 Å². The second-order valence-corrected chi connectivity index (χ2v) is 9.75. The predicted octanol–water partition coefficient (Wildman–Crippen LogP) is 3.86. The fraction of sp³-hybridized carbons (Fsp3) is 0.292. The van der Waals surface area contributed by atoms with Crippen LogP contribution in [0.15, 0.2) is 65.4 Å². The molecule has 5 rings (SSSR count). The molecule has 0 N–H and O–H groups in total. The zero-order valence-corrected chi connectivity index (χ0v) is 20.5. The minimum atomic E-state index is 0.0227. The number of para-hydroxylation sites is 1. The summed E-state index contributed by atoms with van der Waals surface area (Å²) in [6.45, 7) is 6.53. The molecule has 174 valence electrons. The van der Waals surface area contributed by atoms with E-state index in [1.54, 1.807) is 24.2 Å². The van der Waals surface area contributed by atoms with E-state index in [1.165, 1.54) is 11.3 Å². The summed E-state index contributed by atoms with van der Waals surface area (Å²) in [5.74, 6) is 1.37. The molecule has 0 spiro atoms. The van der Waals surface area contributed by atoms with Crippen molar-refractivity contribution in [3.63, 3.8) is 0 Å². The normalized spacial score (nSPS) is 14.4. The van der Waals surface area contributed by atoms with E-state index in [4.69, 9.17) is 0 Å². The highest BCUT2D eigenvalue weighted by atomic mass is 32.2. The van der Waals surface area contributed by atoms with Gasteiger partial charge in [-0.15, -0.1) is 21.5 Å². The van der Waals surface area contributed by atoms with Gasteiger partial charge in [0.2, 0.25) is 0 Å². The second-order valence-electron chi connectivity index (χ2n) is 7.86. The summed E-state index contributed by atoms with van der Waals surface area (Å²) in [4.78, 5) is 26.0. The van der Waals surface area contributed by atoms with Crippen molar-refractivity contribution in [2.45, 2.75) is 17.8 Å². The number of thioether (sulfide) groups is 1. The molecule has 0 unspecified atom stereocenters. The topological polar surface area (TPSA) is 80.0 Å². The molecule has 34 heavy (non-hydrogen) atoms. The lowest BCUT2D eigenvalue weighted by Gasteiger charge is -2.33. The molecule has 10 heteroatoms. The number of aromatic nitrogens is 5. The fourth-order valence-electron chi connectivity index (χ4n) is 3.89. The summed E-state index contributed by atoms with van der Waals surface area (Å²) in [6.07, 6.45) is 3.53. The highest BCUT2D eigenvalue weighted by Crippen LogP contribution is 2.30. The molecular weight excluding hydrogens is 466 g/mol. The molecule has 0 radical (unpaired) electrons. The van der Waals surface area contributed by atoms with Crippen LogP contribution in [-0.4, -0.2) is 73.2 Å². The number of pyridine rings is 1. The molecular formula is C24H25N7OS2. The Morgan fingerprint density at radius 3 is 2.62 bits per heavy atom. The number of benzene rings is 1. The lowest BCUT2D eigenvalue weighted by molar-refractivity contribution is 0.0638. The smallest absolute Gasteiger partial charge is 0.273 e. The summed E-state index contributed by atoms with van der Waals surface area (Å²) in [6, 6.07) is 13.9. The van der Waals surface area contributed by atoms with Gasteiger partial charge in [0, 0.05) is 55.2 Å².